The lowest BCUT2D eigenvalue weighted by Crippen LogP contribution is -2.41. The Morgan fingerprint density at radius 3 is 2.47 bits per heavy atom. The van der Waals surface area contributed by atoms with Gasteiger partial charge in [-0.05, 0) is 25.8 Å². The highest BCUT2D eigenvalue weighted by Crippen LogP contribution is 2.30. The number of alkyl halides is 1. The molecule has 1 rings (SSSR count). The lowest BCUT2D eigenvalue weighted by Gasteiger charge is -2.30. The van der Waals surface area contributed by atoms with Crippen molar-refractivity contribution >= 4 is 15.9 Å². The molecular weight excluding hydrogens is 254 g/mol. The summed E-state index contributed by atoms with van der Waals surface area (Å²) in [6, 6.07) is 0. The molecule has 1 unspecified atom stereocenters. The van der Waals surface area contributed by atoms with E-state index in [1.807, 2.05) is 0 Å². The maximum Gasteiger partial charge on any atom is 0.0774 e. The Morgan fingerprint density at radius 2 is 2.00 bits per heavy atom. The zero-order valence-corrected chi connectivity index (χ0v) is 11.6. The topological polar surface area (TPSA) is 23.5 Å². The minimum atomic E-state index is -0.390. The molecule has 1 aliphatic rings. The van der Waals surface area contributed by atoms with Crippen molar-refractivity contribution in [1.29, 1.82) is 0 Å². The van der Waals surface area contributed by atoms with Crippen LogP contribution in [0.1, 0.15) is 39.0 Å². The lowest BCUT2D eigenvalue weighted by molar-refractivity contribution is 0.0135. The van der Waals surface area contributed by atoms with Crippen LogP contribution in [-0.2, 0) is 0 Å². The molecule has 90 valence electrons. The minimum absolute atomic E-state index is 0.390. The van der Waals surface area contributed by atoms with E-state index in [1.165, 1.54) is 19.3 Å². The first-order chi connectivity index (χ1) is 7.09. The van der Waals surface area contributed by atoms with Gasteiger partial charge < -0.3 is 10.0 Å². The fourth-order valence-electron chi connectivity index (χ4n) is 2.49. The van der Waals surface area contributed by atoms with Crippen LogP contribution < -0.4 is 0 Å². The Morgan fingerprint density at radius 1 is 1.40 bits per heavy atom. The third-order valence-electron chi connectivity index (χ3n) is 3.46. The van der Waals surface area contributed by atoms with Gasteiger partial charge in [0.2, 0.25) is 0 Å². The van der Waals surface area contributed by atoms with Crippen molar-refractivity contribution in [3.8, 4) is 0 Å². The van der Waals surface area contributed by atoms with Crippen LogP contribution in [0.2, 0.25) is 0 Å². The van der Waals surface area contributed by atoms with E-state index < -0.39 is 0 Å². The van der Waals surface area contributed by atoms with E-state index in [0.717, 1.165) is 31.3 Å². The van der Waals surface area contributed by atoms with Crippen LogP contribution in [0.3, 0.4) is 0 Å². The summed E-state index contributed by atoms with van der Waals surface area (Å²) in [4.78, 5) is 2.29. The van der Waals surface area contributed by atoms with Crippen molar-refractivity contribution in [2.45, 2.75) is 44.6 Å². The fourth-order valence-corrected chi connectivity index (χ4v) is 3.15. The smallest absolute Gasteiger partial charge is 0.0774 e. The number of halogens is 1. The van der Waals surface area contributed by atoms with E-state index in [-0.39, 0.29) is 5.60 Å². The van der Waals surface area contributed by atoms with Crippen LogP contribution in [0.4, 0.5) is 0 Å². The molecule has 0 aliphatic heterocycles. The highest BCUT2D eigenvalue weighted by Gasteiger charge is 2.32. The molecule has 2 nitrogen and oxygen atoms in total. The molecule has 1 N–H and O–H groups in total. The molecule has 1 fully saturated rings. The first-order valence-electron chi connectivity index (χ1n) is 6.06. The molecule has 0 heterocycles. The lowest BCUT2D eigenvalue weighted by atomic mass is 10.0. The number of hydrogen-bond acceptors (Lipinski definition) is 2. The van der Waals surface area contributed by atoms with Crippen molar-refractivity contribution in [2.75, 3.05) is 25.5 Å². The second kappa shape index (κ2) is 6.21. The van der Waals surface area contributed by atoms with Crippen molar-refractivity contribution in [1.82, 2.24) is 4.90 Å². The van der Waals surface area contributed by atoms with E-state index >= 15 is 0 Å². The largest absolute Gasteiger partial charge is 0.389 e. The number of nitrogens with zero attached hydrogens (tertiary/aromatic N) is 1. The van der Waals surface area contributed by atoms with Crippen LogP contribution in [-0.4, -0.2) is 41.1 Å². The summed E-state index contributed by atoms with van der Waals surface area (Å²) in [5, 5.41) is 11.3. The molecule has 0 amide bonds. The molecule has 0 aromatic carbocycles. The first kappa shape index (κ1) is 13.5. The van der Waals surface area contributed by atoms with E-state index in [0.29, 0.717) is 5.92 Å². The Hall–Kier alpha value is 0.400. The maximum absolute atomic E-state index is 10.3. The highest BCUT2D eigenvalue weighted by molar-refractivity contribution is 9.09. The molecule has 0 radical (unpaired) electrons. The second-order valence-electron chi connectivity index (χ2n) is 5.06. The van der Waals surface area contributed by atoms with Crippen molar-refractivity contribution < 1.29 is 5.11 Å². The Kier molecular flexibility index (Phi) is 5.58. The predicted molar refractivity (Wildman–Crippen MR) is 68.5 cm³/mol. The summed E-state index contributed by atoms with van der Waals surface area (Å²) in [7, 11) is 2.13. The first-order valence-corrected chi connectivity index (χ1v) is 7.18. The van der Waals surface area contributed by atoms with Crippen molar-refractivity contribution in [2.24, 2.45) is 5.92 Å². The van der Waals surface area contributed by atoms with Crippen LogP contribution >= 0.6 is 15.9 Å². The average molecular weight is 278 g/mol. The number of rotatable bonds is 6. The van der Waals surface area contributed by atoms with Crippen molar-refractivity contribution in [3.05, 3.63) is 0 Å². The van der Waals surface area contributed by atoms with Gasteiger partial charge in [0.05, 0.1) is 5.60 Å². The van der Waals surface area contributed by atoms with E-state index in [1.54, 1.807) is 0 Å². The Bertz CT molecular complexity index is 176. The molecule has 1 saturated carbocycles. The number of likely N-dealkylation sites (N-methyl/N-ethyl adjacent to an activating group) is 1. The molecule has 15 heavy (non-hydrogen) atoms. The maximum atomic E-state index is 10.3. The summed E-state index contributed by atoms with van der Waals surface area (Å²) in [6.07, 6.45) is 5.57. The van der Waals surface area contributed by atoms with Gasteiger partial charge in [-0.3, -0.25) is 0 Å². The fraction of sp³-hybridized carbons (Fsp3) is 1.00. The number of hydrogen-bond donors (Lipinski definition) is 1. The van der Waals surface area contributed by atoms with Crippen LogP contribution in [0, 0.1) is 5.92 Å². The third kappa shape index (κ3) is 4.41. The van der Waals surface area contributed by atoms with Gasteiger partial charge in [-0.1, -0.05) is 42.1 Å². The van der Waals surface area contributed by atoms with Gasteiger partial charge in [0.15, 0.2) is 0 Å². The molecule has 3 heteroatoms. The van der Waals surface area contributed by atoms with Gasteiger partial charge in [-0.25, -0.2) is 0 Å². The molecule has 0 spiro atoms. The Balaban J connectivity index is 2.31. The van der Waals surface area contributed by atoms with Crippen LogP contribution in [0.15, 0.2) is 0 Å². The van der Waals surface area contributed by atoms with Gasteiger partial charge in [-0.2, -0.15) is 0 Å². The van der Waals surface area contributed by atoms with Crippen molar-refractivity contribution in [3.63, 3.8) is 0 Å². The highest BCUT2D eigenvalue weighted by atomic mass is 79.9. The molecule has 1 atom stereocenters. The third-order valence-corrected chi connectivity index (χ3v) is 4.38. The predicted octanol–water partition coefficient (Wildman–Crippen LogP) is 2.64. The van der Waals surface area contributed by atoms with Crippen LogP contribution in [0.25, 0.3) is 0 Å². The molecule has 0 aromatic heterocycles. The van der Waals surface area contributed by atoms with Gasteiger partial charge in [-0.15, -0.1) is 0 Å². The summed E-state index contributed by atoms with van der Waals surface area (Å²) in [6.45, 7) is 4.16. The molecule has 0 bridgehead atoms. The second-order valence-corrected chi connectivity index (χ2v) is 5.70. The normalized spacial score (nSPS) is 22.2. The van der Waals surface area contributed by atoms with E-state index in [2.05, 4.69) is 34.8 Å². The molecule has 0 aromatic rings. The molecule has 0 saturated heterocycles. The number of aliphatic hydroxyl groups is 1. The van der Waals surface area contributed by atoms with Gasteiger partial charge in [0.25, 0.3) is 0 Å². The molecular formula is C12H24BrNO. The minimum Gasteiger partial charge on any atom is -0.389 e. The standard InChI is InChI=1S/C12H24BrNO/c1-3-11(8-13)9-14(2)10-12(15)6-4-5-7-12/h11,15H,3-10H2,1-2H3. The van der Waals surface area contributed by atoms with E-state index in [4.69, 9.17) is 0 Å². The zero-order valence-electron chi connectivity index (χ0n) is 10.0. The summed E-state index contributed by atoms with van der Waals surface area (Å²) < 4.78 is 0. The van der Waals surface area contributed by atoms with Gasteiger partial charge >= 0.3 is 0 Å². The van der Waals surface area contributed by atoms with Crippen LogP contribution in [0.5, 0.6) is 0 Å². The van der Waals surface area contributed by atoms with Gasteiger partial charge in [0, 0.05) is 18.4 Å². The SMILES string of the molecule is CCC(CBr)CN(C)CC1(O)CCCC1. The van der Waals surface area contributed by atoms with Gasteiger partial charge in [0.1, 0.15) is 0 Å². The zero-order chi connectivity index (χ0) is 11.3. The quantitative estimate of drug-likeness (QED) is 0.755. The Labute approximate surface area is 102 Å². The monoisotopic (exact) mass is 277 g/mol. The summed E-state index contributed by atoms with van der Waals surface area (Å²) in [5.74, 6) is 0.708. The molecule has 1 aliphatic carbocycles. The van der Waals surface area contributed by atoms with E-state index in [9.17, 15) is 5.11 Å². The average Bonchev–Trinajstić information content (AvgIpc) is 2.61. The summed E-state index contributed by atoms with van der Waals surface area (Å²) >= 11 is 3.54. The summed E-state index contributed by atoms with van der Waals surface area (Å²) in [5.41, 5.74) is -0.390.